The second kappa shape index (κ2) is 9.72. The number of aromatic hydroxyl groups is 1. The highest BCUT2D eigenvalue weighted by atomic mass is 32.2. The summed E-state index contributed by atoms with van der Waals surface area (Å²) in [5.41, 5.74) is 3.12. The third-order valence-corrected chi connectivity index (χ3v) is 5.95. The lowest BCUT2D eigenvalue weighted by Gasteiger charge is -2.23. The van der Waals surface area contributed by atoms with Crippen molar-refractivity contribution in [2.45, 2.75) is 4.90 Å². The van der Waals surface area contributed by atoms with Crippen molar-refractivity contribution >= 4 is 27.8 Å². The molecule has 1 heterocycles. The van der Waals surface area contributed by atoms with Crippen LogP contribution in [0.2, 0.25) is 0 Å². The summed E-state index contributed by atoms with van der Waals surface area (Å²) in [4.78, 5) is 16.4. The molecule has 1 amide bonds. The van der Waals surface area contributed by atoms with Gasteiger partial charge in [0, 0.05) is 6.20 Å². The lowest BCUT2D eigenvalue weighted by atomic mass is 10.2. The van der Waals surface area contributed by atoms with Crippen LogP contribution in [0.1, 0.15) is 5.56 Å². The van der Waals surface area contributed by atoms with Crippen molar-refractivity contribution in [3.8, 4) is 11.5 Å². The number of anilines is 1. The Hall–Kier alpha value is -3.92. The van der Waals surface area contributed by atoms with Gasteiger partial charge in [-0.15, -0.1) is 0 Å². The summed E-state index contributed by atoms with van der Waals surface area (Å²) < 4.78 is 32.2. The molecule has 0 unspecified atom stereocenters. The molecule has 0 spiro atoms. The van der Waals surface area contributed by atoms with Gasteiger partial charge >= 0.3 is 0 Å². The summed E-state index contributed by atoms with van der Waals surface area (Å²) in [6.45, 7) is -0.501. The number of carbonyl (C=O) groups is 1. The summed E-state index contributed by atoms with van der Waals surface area (Å²) >= 11 is 0. The van der Waals surface area contributed by atoms with Crippen LogP contribution >= 0.6 is 0 Å². The molecule has 9 nitrogen and oxygen atoms in total. The number of benzene rings is 2. The average Bonchev–Trinajstić information content (AvgIpc) is 2.79. The van der Waals surface area contributed by atoms with Crippen LogP contribution in [0.25, 0.3) is 0 Å². The first-order chi connectivity index (χ1) is 14.9. The van der Waals surface area contributed by atoms with E-state index in [0.717, 1.165) is 4.31 Å². The maximum Gasteiger partial charge on any atom is 0.264 e. The number of methoxy groups -OCH3 is 1. The Balaban J connectivity index is 1.78. The van der Waals surface area contributed by atoms with Gasteiger partial charge in [-0.3, -0.25) is 14.1 Å². The minimum absolute atomic E-state index is 0.0260. The normalized spacial score (nSPS) is 11.3. The van der Waals surface area contributed by atoms with Gasteiger partial charge in [0.2, 0.25) is 0 Å². The second-order valence-corrected chi connectivity index (χ2v) is 8.12. The molecular weight excluding hydrogens is 420 g/mol. The maximum absolute atomic E-state index is 13.1. The Labute approximate surface area is 179 Å². The topological polar surface area (TPSA) is 121 Å². The average molecular weight is 440 g/mol. The molecule has 2 aromatic carbocycles. The molecule has 0 fully saturated rings. The minimum Gasteiger partial charge on any atom is -0.504 e. The lowest BCUT2D eigenvalue weighted by molar-refractivity contribution is -0.119. The summed E-state index contributed by atoms with van der Waals surface area (Å²) in [6, 6.07) is 15.5. The summed E-state index contributed by atoms with van der Waals surface area (Å²) in [7, 11) is -2.59. The van der Waals surface area contributed by atoms with E-state index in [1.807, 2.05) is 0 Å². The fourth-order valence-corrected chi connectivity index (χ4v) is 4.08. The van der Waals surface area contributed by atoms with Crippen LogP contribution in [0.3, 0.4) is 0 Å². The fraction of sp³-hybridized carbons (Fsp3) is 0.0952. The number of phenolic OH excluding ortho intramolecular Hbond substituents is 1. The van der Waals surface area contributed by atoms with Crippen LogP contribution in [0.4, 0.5) is 5.69 Å². The fourth-order valence-electron chi connectivity index (χ4n) is 2.66. The van der Waals surface area contributed by atoms with E-state index in [0.29, 0.717) is 5.56 Å². The minimum atomic E-state index is -4.00. The Kier molecular flexibility index (Phi) is 6.83. The van der Waals surface area contributed by atoms with E-state index in [4.69, 9.17) is 4.74 Å². The van der Waals surface area contributed by atoms with Crippen LogP contribution < -0.4 is 14.5 Å². The molecule has 3 rings (SSSR count). The number of ether oxygens (including phenoxy) is 1. The molecule has 0 saturated carbocycles. The van der Waals surface area contributed by atoms with Gasteiger partial charge in [-0.1, -0.05) is 18.2 Å². The Morgan fingerprint density at radius 2 is 1.97 bits per heavy atom. The number of hydrogen-bond donors (Lipinski definition) is 2. The summed E-state index contributed by atoms with van der Waals surface area (Å²) in [6.07, 6.45) is 4.22. The Bertz CT molecular complexity index is 1170. The number of carbonyl (C=O) groups excluding carboxylic acids is 1. The van der Waals surface area contributed by atoms with E-state index < -0.39 is 22.5 Å². The number of pyridine rings is 1. The summed E-state index contributed by atoms with van der Waals surface area (Å²) in [5, 5.41) is 13.5. The van der Waals surface area contributed by atoms with Crippen molar-refractivity contribution in [3.63, 3.8) is 0 Å². The van der Waals surface area contributed by atoms with Crippen LogP contribution in [-0.2, 0) is 14.8 Å². The molecule has 160 valence electrons. The van der Waals surface area contributed by atoms with Gasteiger partial charge in [-0.05, 0) is 48.0 Å². The van der Waals surface area contributed by atoms with Crippen LogP contribution in [0.5, 0.6) is 11.5 Å². The molecule has 0 aliphatic heterocycles. The quantitative estimate of drug-likeness (QED) is 0.409. The first-order valence-corrected chi connectivity index (χ1v) is 10.5. The highest BCUT2D eigenvalue weighted by Gasteiger charge is 2.27. The number of nitrogens with zero attached hydrogens (tertiary/aromatic N) is 3. The zero-order chi connectivity index (χ0) is 22.3. The monoisotopic (exact) mass is 440 g/mol. The van der Waals surface area contributed by atoms with Gasteiger partial charge < -0.3 is 9.84 Å². The standard InChI is InChI=1S/C21H20N4O5S/c1-30-20-12-16(9-10-19(20)26)13-23-24-21(27)15-25(17-6-5-11-22-14-17)31(28,29)18-7-3-2-4-8-18/h2-14,26H,15H2,1H3,(H,24,27)/b23-13-. The van der Waals surface area contributed by atoms with Crippen molar-refractivity contribution in [2.75, 3.05) is 18.0 Å². The molecule has 2 N–H and O–H groups in total. The van der Waals surface area contributed by atoms with Crippen molar-refractivity contribution in [1.29, 1.82) is 0 Å². The molecule has 0 radical (unpaired) electrons. The molecule has 0 aliphatic rings. The number of hydrazone groups is 1. The number of hydrogen-bond acceptors (Lipinski definition) is 7. The Morgan fingerprint density at radius 1 is 1.19 bits per heavy atom. The van der Waals surface area contributed by atoms with E-state index in [1.54, 1.807) is 36.4 Å². The molecule has 1 aromatic heterocycles. The molecule has 0 aliphatic carbocycles. The summed E-state index contributed by atoms with van der Waals surface area (Å²) in [5.74, 6) is -0.417. The molecular formula is C21H20N4O5S. The van der Waals surface area contributed by atoms with Crippen LogP contribution in [-0.4, -0.2) is 44.3 Å². The molecule has 0 bridgehead atoms. The molecule has 3 aromatic rings. The third-order valence-electron chi connectivity index (χ3n) is 4.16. The molecule has 10 heteroatoms. The van der Waals surface area contributed by atoms with Gasteiger partial charge in [-0.25, -0.2) is 13.8 Å². The highest BCUT2D eigenvalue weighted by Crippen LogP contribution is 2.25. The Morgan fingerprint density at radius 3 is 2.65 bits per heavy atom. The number of rotatable bonds is 8. The first kappa shape index (κ1) is 21.8. The SMILES string of the molecule is COc1cc(/C=N\NC(=O)CN(c2cccnc2)S(=O)(=O)c2ccccc2)ccc1O. The van der Waals surface area contributed by atoms with E-state index in [-0.39, 0.29) is 22.1 Å². The largest absolute Gasteiger partial charge is 0.504 e. The smallest absolute Gasteiger partial charge is 0.264 e. The number of amides is 1. The molecule has 31 heavy (non-hydrogen) atoms. The van der Waals surface area contributed by atoms with Gasteiger partial charge in [0.25, 0.3) is 15.9 Å². The zero-order valence-corrected chi connectivity index (χ0v) is 17.4. The van der Waals surface area contributed by atoms with Gasteiger partial charge in [0.05, 0.1) is 30.1 Å². The van der Waals surface area contributed by atoms with Crippen molar-refractivity contribution in [1.82, 2.24) is 10.4 Å². The van der Waals surface area contributed by atoms with E-state index in [9.17, 15) is 18.3 Å². The number of phenols is 1. The predicted octanol–water partition coefficient (Wildman–Crippen LogP) is 2.14. The highest BCUT2D eigenvalue weighted by molar-refractivity contribution is 7.92. The first-order valence-electron chi connectivity index (χ1n) is 9.08. The second-order valence-electron chi connectivity index (χ2n) is 6.26. The van der Waals surface area contributed by atoms with Crippen molar-refractivity contribution in [3.05, 3.63) is 78.6 Å². The van der Waals surface area contributed by atoms with E-state index >= 15 is 0 Å². The van der Waals surface area contributed by atoms with Gasteiger partial charge in [-0.2, -0.15) is 5.10 Å². The van der Waals surface area contributed by atoms with Crippen molar-refractivity contribution < 1.29 is 23.1 Å². The third kappa shape index (κ3) is 5.37. The molecule has 0 atom stereocenters. The maximum atomic E-state index is 13.1. The van der Waals surface area contributed by atoms with Crippen LogP contribution in [0.15, 0.2) is 83.1 Å². The van der Waals surface area contributed by atoms with E-state index in [1.165, 1.54) is 50.0 Å². The van der Waals surface area contributed by atoms with Gasteiger partial charge in [0.1, 0.15) is 6.54 Å². The van der Waals surface area contributed by atoms with Crippen molar-refractivity contribution in [2.24, 2.45) is 5.10 Å². The number of sulfonamides is 1. The van der Waals surface area contributed by atoms with Crippen LogP contribution in [0, 0.1) is 0 Å². The molecule has 0 saturated heterocycles. The lowest BCUT2D eigenvalue weighted by Crippen LogP contribution is -2.39. The number of aromatic nitrogens is 1. The zero-order valence-electron chi connectivity index (χ0n) is 16.5. The number of nitrogens with one attached hydrogen (secondary N) is 1. The van der Waals surface area contributed by atoms with E-state index in [2.05, 4.69) is 15.5 Å². The predicted molar refractivity (Wildman–Crippen MR) is 116 cm³/mol. The van der Waals surface area contributed by atoms with Gasteiger partial charge in [0.15, 0.2) is 11.5 Å².